The molecule has 3 rings (SSSR count). The Hall–Kier alpha value is -2.46. The van der Waals surface area contributed by atoms with Crippen LogP contribution in [-0.2, 0) is 0 Å². The van der Waals surface area contributed by atoms with Gasteiger partial charge in [0, 0.05) is 11.1 Å². The molecule has 1 N–H and O–H groups in total. The Morgan fingerprint density at radius 1 is 1.14 bits per heavy atom. The molecular weight excluding hydrogens is 292 g/mol. The highest BCUT2D eigenvalue weighted by atomic mass is 35.5. The van der Waals surface area contributed by atoms with E-state index in [1.54, 1.807) is 18.2 Å². The van der Waals surface area contributed by atoms with Gasteiger partial charge in [-0.25, -0.2) is 0 Å². The first-order valence-electron chi connectivity index (χ1n) is 6.23. The summed E-state index contributed by atoms with van der Waals surface area (Å²) in [7, 11) is 0. The van der Waals surface area contributed by atoms with E-state index < -0.39 is 0 Å². The average Bonchev–Trinajstić information content (AvgIpc) is 2.44. The fraction of sp³-hybridized carbons (Fsp3) is 0.0625. The minimum atomic E-state index is -0.300. The van der Waals surface area contributed by atoms with E-state index in [9.17, 15) is 9.90 Å². The zero-order valence-electron chi connectivity index (χ0n) is 11.1. The van der Waals surface area contributed by atoms with Gasteiger partial charge in [0.15, 0.2) is 0 Å². The van der Waals surface area contributed by atoms with E-state index in [4.69, 9.17) is 20.8 Å². The third-order valence-corrected chi connectivity index (χ3v) is 3.32. The van der Waals surface area contributed by atoms with E-state index >= 15 is 0 Å². The zero-order chi connectivity index (χ0) is 15.0. The largest absolute Gasteiger partial charge is 0.508 e. The summed E-state index contributed by atoms with van der Waals surface area (Å²) in [6.45, 7) is 1.84. The van der Waals surface area contributed by atoms with Crippen LogP contribution in [0.15, 0.2) is 51.9 Å². The molecular formula is C16H11ClO4. The molecule has 0 saturated heterocycles. The molecule has 0 atom stereocenters. The molecule has 0 aliphatic carbocycles. The smallest absolute Gasteiger partial charge is 0.235 e. The van der Waals surface area contributed by atoms with Gasteiger partial charge in [0.25, 0.3) is 0 Å². The Morgan fingerprint density at radius 2 is 1.95 bits per heavy atom. The van der Waals surface area contributed by atoms with Crippen LogP contribution in [0.3, 0.4) is 0 Å². The molecule has 106 valence electrons. The Morgan fingerprint density at radius 3 is 2.71 bits per heavy atom. The van der Waals surface area contributed by atoms with Gasteiger partial charge in [-0.2, -0.15) is 0 Å². The normalized spacial score (nSPS) is 10.8. The summed E-state index contributed by atoms with van der Waals surface area (Å²) in [5.41, 5.74) is 0.818. The van der Waals surface area contributed by atoms with Crippen molar-refractivity contribution >= 4 is 22.6 Å². The minimum Gasteiger partial charge on any atom is -0.508 e. The second-order valence-corrected chi connectivity index (χ2v) is 5.06. The third-order valence-electron chi connectivity index (χ3n) is 3.08. The lowest BCUT2D eigenvalue weighted by Gasteiger charge is -2.08. The molecule has 0 fully saturated rings. The molecule has 3 aromatic rings. The van der Waals surface area contributed by atoms with Crippen LogP contribution in [0.2, 0.25) is 5.02 Å². The molecule has 0 unspecified atom stereocenters. The Bertz CT molecular complexity index is 883. The van der Waals surface area contributed by atoms with Gasteiger partial charge in [0.2, 0.25) is 11.2 Å². The van der Waals surface area contributed by atoms with Gasteiger partial charge in [0.1, 0.15) is 23.3 Å². The van der Waals surface area contributed by atoms with E-state index in [-0.39, 0.29) is 16.9 Å². The van der Waals surface area contributed by atoms with Crippen molar-refractivity contribution in [2.45, 2.75) is 6.92 Å². The van der Waals surface area contributed by atoms with Gasteiger partial charge < -0.3 is 14.3 Å². The van der Waals surface area contributed by atoms with Crippen LogP contribution < -0.4 is 10.2 Å². The van der Waals surface area contributed by atoms with E-state index in [2.05, 4.69) is 0 Å². The number of phenolic OH excluding ortho intramolecular Hbond substituents is 1. The van der Waals surface area contributed by atoms with Crippen LogP contribution in [0.4, 0.5) is 0 Å². The summed E-state index contributed by atoms with van der Waals surface area (Å²) >= 11 is 5.88. The van der Waals surface area contributed by atoms with Crippen LogP contribution >= 0.6 is 11.6 Å². The number of ether oxygens (including phenoxy) is 1. The monoisotopic (exact) mass is 302 g/mol. The number of benzene rings is 2. The maximum atomic E-state index is 12.3. The molecule has 4 nitrogen and oxygen atoms in total. The fourth-order valence-electron chi connectivity index (χ4n) is 2.02. The van der Waals surface area contributed by atoms with Crippen molar-refractivity contribution in [3.05, 3.63) is 63.5 Å². The summed E-state index contributed by atoms with van der Waals surface area (Å²) in [4.78, 5) is 12.3. The predicted octanol–water partition coefficient (Wildman–Crippen LogP) is 4.25. The van der Waals surface area contributed by atoms with Gasteiger partial charge in [-0.1, -0.05) is 11.6 Å². The number of halogens is 1. The molecule has 0 amide bonds. The number of aromatic hydroxyl groups is 1. The summed E-state index contributed by atoms with van der Waals surface area (Å²) in [5.74, 6) is 0.649. The fourth-order valence-corrected chi connectivity index (χ4v) is 2.24. The third kappa shape index (κ3) is 2.58. The van der Waals surface area contributed by atoms with Gasteiger partial charge in [-0.15, -0.1) is 0 Å². The lowest BCUT2D eigenvalue weighted by molar-refractivity contribution is 0.446. The SMILES string of the molecule is Cc1cc(Cl)ccc1Oc1coc2cc(O)ccc2c1=O. The first-order valence-corrected chi connectivity index (χ1v) is 6.61. The first-order chi connectivity index (χ1) is 10.0. The highest BCUT2D eigenvalue weighted by Crippen LogP contribution is 2.27. The maximum Gasteiger partial charge on any atom is 0.235 e. The molecule has 5 heteroatoms. The van der Waals surface area contributed by atoms with Crippen molar-refractivity contribution in [1.82, 2.24) is 0 Å². The van der Waals surface area contributed by atoms with Crippen LogP contribution in [0.5, 0.6) is 17.2 Å². The molecule has 1 heterocycles. The van der Waals surface area contributed by atoms with Crippen molar-refractivity contribution < 1.29 is 14.3 Å². The number of fused-ring (bicyclic) bond motifs is 1. The zero-order valence-corrected chi connectivity index (χ0v) is 11.8. The Balaban J connectivity index is 2.07. The van der Waals surface area contributed by atoms with Crippen LogP contribution in [0, 0.1) is 6.92 Å². The average molecular weight is 303 g/mol. The first kappa shape index (κ1) is 13.5. The number of aryl methyl sites for hydroxylation is 1. The molecule has 2 aromatic carbocycles. The number of hydrogen-bond acceptors (Lipinski definition) is 4. The summed E-state index contributed by atoms with van der Waals surface area (Å²) in [6.07, 6.45) is 1.23. The minimum absolute atomic E-state index is 0.0351. The maximum absolute atomic E-state index is 12.3. The molecule has 0 aliphatic heterocycles. The predicted molar refractivity (Wildman–Crippen MR) is 80.4 cm³/mol. The Labute approximate surface area is 125 Å². The standard InChI is InChI=1S/C16H11ClO4/c1-9-6-10(17)2-5-13(9)21-15-8-20-14-7-11(18)3-4-12(14)16(15)19/h2-8,18H,1H3. The number of rotatable bonds is 2. The van der Waals surface area contributed by atoms with Gasteiger partial charge in [-0.05, 0) is 42.8 Å². The Kier molecular flexibility index (Phi) is 3.31. The van der Waals surface area contributed by atoms with Crippen LogP contribution in [0.25, 0.3) is 11.0 Å². The molecule has 1 aromatic heterocycles. The lowest BCUT2D eigenvalue weighted by atomic mass is 10.2. The van der Waals surface area contributed by atoms with E-state index in [1.807, 2.05) is 6.92 Å². The van der Waals surface area contributed by atoms with E-state index in [0.29, 0.717) is 21.7 Å². The molecule has 0 radical (unpaired) electrons. The number of hydrogen-bond donors (Lipinski definition) is 1. The van der Waals surface area contributed by atoms with Crippen molar-refractivity contribution in [1.29, 1.82) is 0 Å². The second kappa shape index (κ2) is 5.14. The van der Waals surface area contributed by atoms with Crippen LogP contribution in [-0.4, -0.2) is 5.11 Å². The molecule has 0 saturated carbocycles. The van der Waals surface area contributed by atoms with Crippen molar-refractivity contribution in [2.24, 2.45) is 0 Å². The van der Waals surface area contributed by atoms with Crippen molar-refractivity contribution in [3.8, 4) is 17.2 Å². The van der Waals surface area contributed by atoms with Gasteiger partial charge >= 0.3 is 0 Å². The van der Waals surface area contributed by atoms with Gasteiger partial charge in [-0.3, -0.25) is 4.79 Å². The molecule has 0 bridgehead atoms. The highest BCUT2D eigenvalue weighted by molar-refractivity contribution is 6.30. The summed E-state index contributed by atoms with van der Waals surface area (Å²) in [5, 5.41) is 10.3. The van der Waals surface area contributed by atoms with E-state index in [0.717, 1.165) is 5.56 Å². The van der Waals surface area contributed by atoms with Crippen molar-refractivity contribution in [3.63, 3.8) is 0 Å². The van der Waals surface area contributed by atoms with Crippen molar-refractivity contribution in [2.75, 3.05) is 0 Å². The molecule has 21 heavy (non-hydrogen) atoms. The van der Waals surface area contributed by atoms with Gasteiger partial charge in [0.05, 0.1) is 5.39 Å². The lowest BCUT2D eigenvalue weighted by Crippen LogP contribution is -2.05. The quantitative estimate of drug-likeness (QED) is 0.768. The highest BCUT2D eigenvalue weighted by Gasteiger charge is 2.11. The molecule has 0 spiro atoms. The summed E-state index contributed by atoms with van der Waals surface area (Å²) < 4.78 is 10.9. The molecule has 0 aliphatic rings. The second-order valence-electron chi connectivity index (χ2n) is 4.62. The summed E-state index contributed by atoms with van der Waals surface area (Å²) in [6, 6.07) is 9.43. The van der Waals surface area contributed by atoms with Crippen LogP contribution in [0.1, 0.15) is 5.56 Å². The number of phenols is 1. The van der Waals surface area contributed by atoms with E-state index in [1.165, 1.54) is 24.5 Å². The topological polar surface area (TPSA) is 59.7 Å².